The molecule has 6 nitrogen and oxygen atoms in total. The molecule has 0 radical (unpaired) electrons. The van der Waals surface area contributed by atoms with Crippen molar-refractivity contribution < 1.29 is 14.3 Å². The number of rotatable bonds is 6. The van der Waals surface area contributed by atoms with Crippen LogP contribution in [0.5, 0.6) is 0 Å². The summed E-state index contributed by atoms with van der Waals surface area (Å²) < 4.78 is 6.59. The van der Waals surface area contributed by atoms with Crippen LogP contribution in [0.3, 0.4) is 0 Å². The third-order valence-corrected chi connectivity index (χ3v) is 3.89. The number of oxazole rings is 1. The molecular weight excluding hydrogens is 296 g/mol. The molecule has 1 aromatic carbocycles. The highest BCUT2D eigenvalue weighted by Gasteiger charge is 2.20. The van der Waals surface area contributed by atoms with Gasteiger partial charge in [-0.2, -0.15) is 0 Å². The average molecular weight is 320 g/mol. The van der Waals surface area contributed by atoms with Gasteiger partial charge in [-0.05, 0) is 36.0 Å². The zero-order chi connectivity index (χ0) is 17.2. The van der Waals surface area contributed by atoms with E-state index in [4.69, 9.17) is 4.42 Å². The van der Waals surface area contributed by atoms with Crippen LogP contribution >= 0.6 is 0 Å². The van der Waals surface area contributed by atoms with Crippen molar-refractivity contribution >= 4 is 17.1 Å². The van der Waals surface area contributed by atoms with Gasteiger partial charge in [-0.15, -0.1) is 0 Å². The second kappa shape index (κ2) is 6.58. The Morgan fingerprint density at radius 1 is 1.39 bits per heavy atom. The van der Waals surface area contributed by atoms with Gasteiger partial charge in [-0.25, -0.2) is 4.79 Å². The Morgan fingerprint density at radius 3 is 2.70 bits per heavy atom. The van der Waals surface area contributed by atoms with Crippen molar-refractivity contribution in [1.29, 1.82) is 0 Å². The number of aromatic nitrogens is 1. The maximum absolute atomic E-state index is 11.5. The highest BCUT2D eigenvalue weighted by atomic mass is 16.4. The molecular formula is C17H24N2O4. The second-order valence-corrected chi connectivity index (χ2v) is 7.10. The predicted octanol–water partition coefficient (Wildman–Crippen LogP) is 2.50. The van der Waals surface area contributed by atoms with E-state index in [9.17, 15) is 14.7 Å². The highest BCUT2D eigenvalue weighted by molar-refractivity contribution is 5.74. The van der Waals surface area contributed by atoms with Crippen molar-refractivity contribution in [2.45, 2.75) is 46.2 Å². The normalized spacial score (nSPS) is 13.4. The highest BCUT2D eigenvalue weighted by Crippen LogP contribution is 2.22. The SMILES string of the molecule is Cn1c(=O)oc2cc(CN[C@@H](CCC(C)(C)C)C(=O)O)ccc21. The number of aryl methyl sites for hydroxylation is 1. The number of nitrogens with one attached hydrogen (secondary N) is 1. The predicted molar refractivity (Wildman–Crippen MR) is 88.4 cm³/mol. The molecule has 6 heteroatoms. The Balaban J connectivity index is 2.05. The monoisotopic (exact) mass is 320 g/mol. The lowest BCUT2D eigenvalue weighted by Crippen LogP contribution is -2.37. The zero-order valence-electron chi connectivity index (χ0n) is 14.0. The fourth-order valence-corrected chi connectivity index (χ4v) is 2.42. The molecule has 1 heterocycles. The first-order valence-corrected chi connectivity index (χ1v) is 7.72. The minimum absolute atomic E-state index is 0.0989. The van der Waals surface area contributed by atoms with E-state index in [1.54, 1.807) is 13.1 Å². The summed E-state index contributed by atoms with van der Waals surface area (Å²) >= 11 is 0. The number of carboxylic acid groups (broad SMARTS) is 1. The number of benzene rings is 1. The van der Waals surface area contributed by atoms with Gasteiger partial charge < -0.3 is 14.8 Å². The van der Waals surface area contributed by atoms with Crippen molar-refractivity contribution in [3.63, 3.8) is 0 Å². The quantitative estimate of drug-likeness (QED) is 0.854. The maximum atomic E-state index is 11.5. The van der Waals surface area contributed by atoms with E-state index in [1.165, 1.54) is 4.57 Å². The van der Waals surface area contributed by atoms with E-state index >= 15 is 0 Å². The lowest BCUT2D eigenvalue weighted by molar-refractivity contribution is -0.139. The summed E-state index contributed by atoms with van der Waals surface area (Å²) in [5.41, 5.74) is 2.22. The van der Waals surface area contributed by atoms with E-state index in [2.05, 4.69) is 26.1 Å². The molecule has 1 atom stereocenters. The smallest absolute Gasteiger partial charge is 0.419 e. The lowest BCUT2D eigenvalue weighted by Gasteiger charge is -2.21. The maximum Gasteiger partial charge on any atom is 0.419 e. The molecule has 0 saturated carbocycles. The number of carboxylic acids is 1. The van der Waals surface area contributed by atoms with Crippen LogP contribution in [0.15, 0.2) is 27.4 Å². The van der Waals surface area contributed by atoms with Crippen LogP contribution in [0.1, 0.15) is 39.2 Å². The van der Waals surface area contributed by atoms with Crippen molar-refractivity contribution in [2.24, 2.45) is 12.5 Å². The summed E-state index contributed by atoms with van der Waals surface area (Å²) in [6.07, 6.45) is 1.39. The first-order chi connectivity index (χ1) is 10.7. The largest absolute Gasteiger partial charge is 0.480 e. The number of aliphatic carboxylic acids is 1. The van der Waals surface area contributed by atoms with E-state index in [0.717, 1.165) is 17.5 Å². The van der Waals surface area contributed by atoms with Crippen molar-refractivity contribution in [3.8, 4) is 0 Å². The average Bonchev–Trinajstić information content (AvgIpc) is 2.72. The van der Waals surface area contributed by atoms with E-state index in [-0.39, 0.29) is 5.41 Å². The zero-order valence-corrected chi connectivity index (χ0v) is 14.0. The fourth-order valence-electron chi connectivity index (χ4n) is 2.42. The minimum Gasteiger partial charge on any atom is -0.480 e. The van der Waals surface area contributed by atoms with Crippen LogP contribution in [0.4, 0.5) is 0 Å². The third kappa shape index (κ3) is 4.45. The summed E-state index contributed by atoms with van der Waals surface area (Å²) in [5, 5.41) is 12.4. The summed E-state index contributed by atoms with van der Waals surface area (Å²) in [5.74, 6) is -1.25. The van der Waals surface area contributed by atoms with Gasteiger partial charge in [-0.1, -0.05) is 26.8 Å². The van der Waals surface area contributed by atoms with Gasteiger partial charge in [0.2, 0.25) is 0 Å². The molecule has 2 aromatic rings. The standard InChI is InChI=1S/C17H24N2O4/c1-17(2,3)8-7-12(15(20)21)18-10-11-5-6-13-14(9-11)23-16(22)19(13)4/h5-6,9,12,18H,7-8,10H2,1-4H3,(H,20,21)/t12-/m0/s1. The number of nitrogens with zero attached hydrogens (tertiary/aromatic N) is 1. The van der Waals surface area contributed by atoms with E-state index in [0.29, 0.717) is 18.5 Å². The summed E-state index contributed by atoms with van der Waals surface area (Å²) in [7, 11) is 1.65. The van der Waals surface area contributed by atoms with Gasteiger partial charge in [0.1, 0.15) is 6.04 Å². The Bertz CT molecular complexity index is 752. The molecule has 0 amide bonds. The fraction of sp³-hybridized carbons (Fsp3) is 0.529. The second-order valence-electron chi connectivity index (χ2n) is 7.10. The minimum atomic E-state index is -0.846. The molecule has 0 aliphatic carbocycles. The molecule has 0 saturated heterocycles. The summed E-state index contributed by atoms with van der Waals surface area (Å²) in [4.78, 5) is 22.9. The molecule has 2 rings (SSSR count). The van der Waals surface area contributed by atoms with Gasteiger partial charge in [0, 0.05) is 13.6 Å². The van der Waals surface area contributed by atoms with E-state index < -0.39 is 17.8 Å². The van der Waals surface area contributed by atoms with Crippen LogP contribution in [0.25, 0.3) is 11.1 Å². The molecule has 0 bridgehead atoms. The summed E-state index contributed by atoms with van der Waals surface area (Å²) in [6.45, 7) is 6.70. The molecule has 0 spiro atoms. The van der Waals surface area contributed by atoms with Crippen molar-refractivity contribution in [1.82, 2.24) is 9.88 Å². The van der Waals surface area contributed by atoms with Gasteiger partial charge in [-0.3, -0.25) is 9.36 Å². The Morgan fingerprint density at radius 2 is 2.09 bits per heavy atom. The van der Waals surface area contributed by atoms with Crippen LogP contribution in [0, 0.1) is 5.41 Å². The van der Waals surface area contributed by atoms with Gasteiger partial charge in [0.25, 0.3) is 0 Å². The Labute approximate surface area is 135 Å². The van der Waals surface area contributed by atoms with Crippen molar-refractivity contribution in [3.05, 3.63) is 34.3 Å². The van der Waals surface area contributed by atoms with Gasteiger partial charge in [0.15, 0.2) is 5.58 Å². The lowest BCUT2D eigenvalue weighted by atomic mass is 9.88. The van der Waals surface area contributed by atoms with Crippen LogP contribution in [0.2, 0.25) is 0 Å². The number of carbonyl (C=O) groups is 1. The number of hydrogen-bond donors (Lipinski definition) is 2. The summed E-state index contributed by atoms with van der Waals surface area (Å²) in [6, 6.07) is 4.86. The Hall–Kier alpha value is -2.08. The molecule has 0 unspecified atom stereocenters. The first kappa shape index (κ1) is 17.3. The van der Waals surface area contributed by atoms with Crippen LogP contribution < -0.4 is 11.1 Å². The van der Waals surface area contributed by atoms with Crippen LogP contribution in [-0.2, 0) is 18.4 Å². The number of hydrogen-bond acceptors (Lipinski definition) is 4. The molecule has 0 aliphatic heterocycles. The molecule has 0 fully saturated rings. The molecule has 2 N–H and O–H groups in total. The van der Waals surface area contributed by atoms with Gasteiger partial charge in [0.05, 0.1) is 5.52 Å². The number of fused-ring (bicyclic) bond motifs is 1. The topological polar surface area (TPSA) is 84.5 Å². The third-order valence-electron chi connectivity index (χ3n) is 3.89. The molecule has 23 heavy (non-hydrogen) atoms. The van der Waals surface area contributed by atoms with E-state index in [1.807, 2.05) is 12.1 Å². The Kier molecular flexibility index (Phi) is 4.94. The first-order valence-electron chi connectivity index (χ1n) is 7.72. The van der Waals surface area contributed by atoms with Crippen LogP contribution in [-0.4, -0.2) is 21.7 Å². The van der Waals surface area contributed by atoms with Gasteiger partial charge >= 0.3 is 11.7 Å². The van der Waals surface area contributed by atoms with Crippen molar-refractivity contribution in [2.75, 3.05) is 0 Å². The molecule has 1 aromatic heterocycles. The molecule has 0 aliphatic rings. The molecule has 126 valence electrons.